The maximum absolute atomic E-state index is 12.7. The molecule has 0 aromatic heterocycles. The molecule has 0 bridgehead atoms. The number of hydrogen-bond acceptors (Lipinski definition) is 4. The number of rotatable bonds is 2. The van der Waals surface area contributed by atoms with E-state index in [2.05, 4.69) is 15.9 Å². The molecule has 0 amide bonds. The van der Waals surface area contributed by atoms with Gasteiger partial charge in [0.05, 0.1) is 14.3 Å². The number of nitro groups is 1. The minimum absolute atomic E-state index is 0.433. The zero-order valence-corrected chi connectivity index (χ0v) is 11.2. The first-order valence-electron chi connectivity index (χ1n) is 3.95. The number of halogens is 5. The van der Waals surface area contributed by atoms with Crippen LogP contribution in [0.15, 0.2) is 21.5 Å². The number of benzene rings is 1. The molecular weight excluding hydrogens is 366 g/mol. The second-order valence-corrected chi connectivity index (χ2v) is 6.29. The largest absolute Gasteiger partial charge is 0.424 e. The molecule has 0 saturated carbocycles. The van der Waals surface area contributed by atoms with Crippen LogP contribution in [-0.4, -0.2) is 13.3 Å². The lowest BCUT2D eigenvalue weighted by atomic mass is 10.2. The molecule has 0 fully saturated rings. The van der Waals surface area contributed by atoms with Crippen molar-refractivity contribution in [3.63, 3.8) is 0 Å². The lowest BCUT2D eigenvalue weighted by Gasteiger charge is -2.11. The average molecular weight is 369 g/mol. The van der Waals surface area contributed by atoms with Crippen LogP contribution >= 0.6 is 26.6 Å². The highest BCUT2D eigenvalue weighted by Gasteiger charge is 2.42. The van der Waals surface area contributed by atoms with Crippen molar-refractivity contribution in [3.05, 3.63) is 32.3 Å². The molecule has 0 saturated heterocycles. The topological polar surface area (TPSA) is 77.3 Å². The van der Waals surface area contributed by atoms with E-state index in [4.69, 9.17) is 10.7 Å². The van der Waals surface area contributed by atoms with Crippen LogP contribution < -0.4 is 0 Å². The number of nitro benzene ring substituents is 1. The van der Waals surface area contributed by atoms with E-state index in [1.807, 2.05) is 0 Å². The summed E-state index contributed by atoms with van der Waals surface area (Å²) in [5.41, 5.74) is -2.97. The second-order valence-electron chi connectivity index (χ2n) is 2.96. The molecule has 0 N–H and O–H groups in total. The molecule has 0 radical (unpaired) electrons. The standard InChI is InChI=1S/C7H2BrClF3NO4S/c8-6-4(18(9,16)17)2-1-3(13(14)15)5(6)7(10,11)12/h1-2H. The van der Waals surface area contributed by atoms with E-state index < -0.39 is 40.8 Å². The molecule has 0 unspecified atom stereocenters. The van der Waals surface area contributed by atoms with Crippen molar-refractivity contribution in [2.45, 2.75) is 11.1 Å². The van der Waals surface area contributed by atoms with Crippen LogP contribution in [0.5, 0.6) is 0 Å². The summed E-state index contributed by atoms with van der Waals surface area (Å²) in [6.07, 6.45) is -5.10. The Morgan fingerprint density at radius 1 is 1.33 bits per heavy atom. The summed E-state index contributed by atoms with van der Waals surface area (Å²) in [4.78, 5) is 8.33. The Balaban J connectivity index is 3.78. The van der Waals surface area contributed by atoms with Gasteiger partial charge >= 0.3 is 6.18 Å². The summed E-state index contributed by atoms with van der Waals surface area (Å²) in [5.74, 6) is 0. The third kappa shape index (κ3) is 2.93. The molecule has 5 nitrogen and oxygen atoms in total. The Kier molecular flexibility index (Phi) is 3.94. The van der Waals surface area contributed by atoms with Crippen LogP contribution in [0.2, 0.25) is 0 Å². The Morgan fingerprint density at radius 3 is 2.17 bits per heavy atom. The molecule has 0 atom stereocenters. The van der Waals surface area contributed by atoms with Gasteiger partial charge in [-0.2, -0.15) is 13.2 Å². The number of hydrogen-bond donors (Lipinski definition) is 0. The second kappa shape index (κ2) is 4.67. The first-order valence-corrected chi connectivity index (χ1v) is 7.05. The van der Waals surface area contributed by atoms with Crippen molar-refractivity contribution in [1.29, 1.82) is 0 Å². The van der Waals surface area contributed by atoms with E-state index in [1.165, 1.54) is 0 Å². The summed E-state index contributed by atoms with van der Waals surface area (Å²) in [6.45, 7) is 0. The highest BCUT2D eigenvalue weighted by atomic mass is 79.9. The zero-order valence-electron chi connectivity index (χ0n) is 8.03. The van der Waals surface area contributed by atoms with Crippen LogP contribution in [0.4, 0.5) is 18.9 Å². The minimum Gasteiger partial charge on any atom is -0.258 e. The van der Waals surface area contributed by atoms with Crippen molar-refractivity contribution in [2.75, 3.05) is 0 Å². The van der Waals surface area contributed by atoms with Crippen molar-refractivity contribution in [2.24, 2.45) is 0 Å². The minimum atomic E-state index is -5.10. The molecule has 18 heavy (non-hydrogen) atoms. The van der Waals surface area contributed by atoms with E-state index in [0.717, 1.165) is 0 Å². The summed E-state index contributed by atoms with van der Waals surface area (Å²) in [6, 6.07) is 1.06. The van der Waals surface area contributed by atoms with Gasteiger partial charge in [-0.05, 0) is 22.0 Å². The first kappa shape index (κ1) is 15.2. The number of nitrogens with zero attached hydrogens (tertiary/aromatic N) is 1. The normalized spacial score (nSPS) is 12.5. The Labute approximate surface area is 111 Å². The monoisotopic (exact) mass is 367 g/mol. The van der Waals surface area contributed by atoms with Gasteiger partial charge in [0.25, 0.3) is 14.7 Å². The Bertz CT molecular complexity index is 616. The van der Waals surface area contributed by atoms with Gasteiger partial charge in [-0.25, -0.2) is 8.42 Å². The maximum Gasteiger partial charge on any atom is 0.424 e. The van der Waals surface area contributed by atoms with Crippen molar-refractivity contribution in [1.82, 2.24) is 0 Å². The van der Waals surface area contributed by atoms with Gasteiger partial charge in [0.15, 0.2) is 0 Å². The summed E-state index contributed by atoms with van der Waals surface area (Å²) in [7, 11) is 0.467. The summed E-state index contributed by atoms with van der Waals surface area (Å²) < 4.78 is 59.0. The Hall–Kier alpha value is -0.870. The molecule has 1 rings (SSSR count). The third-order valence-electron chi connectivity index (χ3n) is 1.83. The predicted octanol–water partition coefficient (Wildman–Crippen LogP) is 3.30. The van der Waals surface area contributed by atoms with Crippen LogP contribution in [-0.2, 0) is 15.2 Å². The van der Waals surface area contributed by atoms with Crippen LogP contribution in [0.3, 0.4) is 0 Å². The van der Waals surface area contributed by atoms with Gasteiger partial charge in [-0.15, -0.1) is 0 Å². The van der Waals surface area contributed by atoms with Gasteiger partial charge < -0.3 is 0 Å². The molecular formula is C7H2BrClF3NO4S. The molecule has 100 valence electrons. The fraction of sp³-hybridized carbons (Fsp3) is 0.143. The molecule has 1 aromatic carbocycles. The van der Waals surface area contributed by atoms with Gasteiger partial charge in [0.1, 0.15) is 5.56 Å². The maximum atomic E-state index is 12.7. The molecule has 1 aromatic rings. The van der Waals surface area contributed by atoms with Crippen molar-refractivity contribution in [3.8, 4) is 0 Å². The zero-order chi connectivity index (χ0) is 14.3. The van der Waals surface area contributed by atoms with Crippen LogP contribution in [0.25, 0.3) is 0 Å². The molecule has 0 aliphatic carbocycles. The third-order valence-corrected chi connectivity index (χ3v) is 4.28. The highest BCUT2D eigenvalue weighted by Crippen LogP contribution is 2.44. The van der Waals surface area contributed by atoms with E-state index in [1.54, 1.807) is 0 Å². The quantitative estimate of drug-likeness (QED) is 0.456. The highest BCUT2D eigenvalue weighted by molar-refractivity contribution is 9.10. The lowest BCUT2D eigenvalue weighted by Crippen LogP contribution is -2.12. The fourth-order valence-corrected chi connectivity index (χ4v) is 3.57. The molecule has 0 heterocycles. The van der Waals surface area contributed by atoms with Crippen molar-refractivity contribution < 1.29 is 26.5 Å². The van der Waals surface area contributed by atoms with Gasteiger partial charge in [-0.1, -0.05) is 0 Å². The van der Waals surface area contributed by atoms with E-state index in [0.29, 0.717) is 12.1 Å². The van der Waals surface area contributed by atoms with Crippen LogP contribution in [0.1, 0.15) is 5.56 Å². The van der Waals surface area contributed by atoms with E-state index >= 15 is 0 Å². The summed E-state index contributed by atoms with van der Waals surface area (Å²) in [5, 5.41) is 10.5. The Morgan fingerprint density at radius 2 is 1.83 bits per heavy atom. The predicted molar refractivity (Wildman–Crippen MR) is 58.8 cm³/mol. The molecule has 0 aliphatic rings. The molecule has 0 spiro atoms. The van der Waals surface area contributed by atoms with E-state index in [9.17, 15) is 31.7 Å². The van der Waals surface area contributed by atoms with Gasteiger partial charge in [-0.3, -0.25) is 10.1 Å². The number of alkyl halides is 3. The van der Waals surface area contributed by atoms with Crippen molar-refractivity contribution >= 4 is 41.4 Å². The van der Waals surface area contributed by atoms with E-state index in [-0.39, 0.29) is 0 Å². The first-order chi connectivity index (χ1) is 7.96. The van der Waals surface area contributed by atoms with Crippen LogP contribution in [0, 0.1) is 10.1 Å². The lowest BCUT2D eigenvalue weighted by molar-refractivity contribution is -0.388. The smallest absolute Gasteiger partial charge is 0.258 e. The molecule has 11 heteroatoms. The SMILES string of the molecule is O=[N+]([O-])c1ccc(S(=O)(=O)Cl)c(Br)c1C(F)(F)F. The molecule has 0 aliphatic heterocycles. The van der Waals surface area contributed by atoms with Gasteiger partial charge in [0.2, 0.25) is 0 Å². The van der Waals surface area contributed by atoms with Gasteiger partial charge in [0, 0.05) is 16.7 Å². The fourth-order valence-electron chi connectivity index (χ4n) is 1.16. The average Bonchev–Trinajstić information content (AvgIpc) is 2.12. The summed E-state index contributed by atoms with van der Waals surface area (Å²) >= 11 is 2.38.